The first kappa shape index (κ1) is 16.7. The molecule has 5 nitrogen and oxygen atoms in total. The molecule has 0 radical (unpaired) electrons. The van der Waals surface area contributed by atoms with Crippen molar-refractivity contribution in [2.75, 3.05) is 17.3 Å². The summed E-state index contributed by atoms with van der Waals surface area (Å²) in [5, 5.41) is 4.76. The summed E-state index contributed by atoms with van der Waals surface area (Å²) in [6.07, 6.45) is 3.24. The Morgan fingerprint density at radius 1 is 1.08 bits per heavy atom. The van der Waals surface area contributed by atoms with Crippen molar-refractivity contribution in [3.05, 3.63) is 59.4 Å². The molecule has 0 aliphatic heterocycles. The number of hydrogen-bond acceptors (Lipinski definition) is 5. The maximum Gasteiger partial charge on any atom is 0.147 e. The fraction of sp³-hybridized carbons (Fsp3) is 0.176. The van der Waals surface area contributed by atoms with Gasteiger partial charge in [-0.25, -0.2) is 18.4 Å². The molecule has 7 heteroatoms. The van der Waals surface area contributed by atoms with E-state index >= 15 is 0 Å². The van der Waals surface area contributed by atoms with Crippen LogP contribution in [0.25, 0.3) is 10.9 Å². The third-order valence-electron chi connectivity index (χ3n) is 3.58. The Bertz CT molecular complexity index is 973. The second-order valence-corrected chi connectivity index (χ2v) is 8.28. The molecule has 0 fully saturated rings. The SMILES string of the molecule is CS(=O)(=O)CCc1ccc(Nc2ncnc3cc(Cl)ccc23)cc1. The first-order valence-electron chi connectivity index (χ1n) is 7.35. The quantitative estimate of drug-likeness (QED) is 0.751. The number of nitrogens with zero attached hydrogens (tertiary/aromatic N) is 2. The summed E-state index contributed by atoms with van der Waals surface area (Å²) >= 11 is 5.99. The van der Waals surface area contributed by atoms with E-state index in [0.717, 1.165) is 22.2 Å². The van der Waals surface area contributed by atoms with Gasteiger partial charge in [0, 0.05) is 22.4 Å². The van der Waals surface area contributed by atoms with Gasteiger partial charge in [0.1, 0.15) is 22.0 Å². The maximum atomic E-state index is 11.2. The zero-order valence-electron chi connectivity index (χ0n) is 13.0. The normalized spacial score (nSPS) is 11.6. The number of rotatable bonds is 5. The third-order valence-corrected chi connectivity index (χ3v) is 4.76. The molecule has 124 valence electrons. The zero-order valence-corrected chi connectivity index (χ0v) is 14.6. The van der Waals surface area contributed by atoms with Crippen LogP contribution in [0, 0.1) is 0 Å². The second-order valence-electron chi connectivity index (χ2n) is 5.59. The number of anilines is 2. The van der Waals surface area contributed by atoms with Crippen LogP contribution in [0.3, 0.4) is 0 Å². The second kappa shape index (κ2) is 6.75. The van der Waals surface area contributed by atoms with Crippen molar-refractivity contribution in [2.45, 2.75) is 6.42 Å². The van der Waals surface area contributed by atoms with Gasteiger partial charge in [-0.05, 0) is 42.3 Å². The van der Waals surface area contributed by atoms with Crippen molar-refractivity contribution in [3.63, 3.8) is 0 Å². The highest BCUT2D eigenvalue weighted by molar-refractivity contribution is 7.90. The molecule has 0 saturated heterocycles. The van der Waals surface area contributed by atoms with E-state index in [1.54, 1.807) is 12.1 Å². The van der Waals surface area contributed by atoms with E-state index in [4.69, 9.17) is 11.6 Å². The van der Waals surface area contributed by atoms with Crippen LogP contribution in [0.4, 0.5) is 11.5 Å². The fourth-order valence-electron chi connectivity index (χ4n) is 2.32. The van der Waals surface area contributed by atoms with E-state index in [2.05, 4.69) is 15.3 Å². The van der Waals surface area contributed by atoms with Crippen molar-refractivity contribution in [1.29, 1.82) is 0 Å². The molecule has 3 rings (SSSR count). The Labute approximate surface area is 145 Å². The molecule has 0 bridgehead atoms. The van der Waals surface area contributed by atoms with E-state index in [1.165, 1.54) is 12.6 Å². The van der Waals surface area contributed by atoms with E-state index in [9.17, 15) is 8.42 Å². The van der Waals surface area contributed by atoms with Crippen molar-refractivity contribution in [2.24, 2.45) is 0 Å². The summed E-state index contributed by atoms with van der Waals surface area (Å²) in [5.74, 6) is 0.845. The van der Waals surface area contributed by atoms with Gasteiger partial charge in [0.05, 0.1) is 11.3 Å². The van der Waals surface area contributed by atoms with Crippen LogP contribution in [0.1, 0.15) is 5.56 Å². The standard InChI is InChI=1S/C17H16ClN3O2S/c1-24(22,23)9-8-12-2-5-14(6-3-12)21-17-15-7-4-13(18)10-16(15)19-11-20-17/h2-7,10-11H,8-9H2,1H3,(H,19,20,21). The molecule has 0 amide bonds. The Morgan fingerprint density at radius 2 is 1.83 bits per heavy atom. The summed E-state index contributed by atoms with van der Waals surface area (Å²) in [7, 11) is -2.95. The van der Waals surface area contributed by atoms with Crippen LogP contribution in [-0.2, 0) is 16.3 Å². The summed E-state index contributed by atoms with van der Waals surface area (Å²) < 4.78 is 22.5. The van der Waals surface area contributed by atoms with Gasteiger partial charge in [0.15, 0.2) is 0 Å². The Morgan fingerprint density at radius 3 is 2.54 bits per heavy atom. The van der Waals surface area contributed by atoms with Gasteiger partial charge >= 0.3 is 0 Å². The molecule has 1 N–H and O–H groups in total. The van der Waals surface area contributed by atoms with Gasteiger partial charge in [-0.3, -0.25) is 0 Å². The van der Waals surface area contributed by atoms with E-state index < -0.39 is 9.84 Å². The summed E-state index contributed by atoms with van der Waals surface area (Å²) in [6, 6.07) is 13.1. The van der Waals surface area contributed by atoms with Gasteiger partial charge in [-0.15, -0.1) is 0 Å². The van der Waals surface area contributed by atoms with E-state index in [1.807, 2.05) is 30.3 Å². The Kier molecular flexibility index (Phi) is 4.69. The minimum absolute atomic E-state index is 0.150. The van der Waals surface area contributed by atoms with Crippen LogP contribution in [0.15, 0.2) is 48.8 Å². The third kappa shape index (κ3) is 4.21. The molecule has 0 atom stereocenters. The van der Waals surface area contributed by atoms with Crippen molar-refractivity contribution in [3.8, 4) is 0 Å². The number of aromatic nitrogens is 2. The van der Waals surface area contributed by atoms with Gasteiger partial charge in [-0.1, -0.05) is 23.7 Å². The first-order valence-corrected chi connectivity index (χ1v) is 9.78. The molecule has 0 aliphatic carbocycles. The average Bonchev–Trinajstić information content (AvgIpc) is 2.53. The van der Waals surface area contributed by atoms with Crippen LogP contribution in [0.2, 0.25) is 5.02 Å². The predicted octanol–water partition coefficient (Wildman–Crippen LogP) is 3.61. The van der Waals surface area contributed by atoms with Crippen molar-refractivity contribution in [1.82, 2.24) is 9.97 Å². The molecule has 2 aromatic carbocycles. The number of benzene rings is 2. The molecular formula is C17H16ClN3O2S. The highest BCUT2D eigenvalue weighted by Gasteiger charge is 2.06. The monoisotopic (exact) mass is 361 g/mol. The maximum absolute atomic E-state index is 11.2. The van der Waals surface area contributed by atoms with Crippen LogP contribution >= 0.6 is 11.6 Å². The lowest BCUT2D eigenvalue weighted by molar-refractivity contribution is 0.601. The van der Waals surface area contributed by atoms with Gasteiger partial charge in [0.2, 0.25) is 0 Å². The molecule has 1 heterocycles. The first-order chi connectivity index (χ1) is 11.4. The lowest BCUT2D eigenvalue weighted by Crippen LogP contribution is -2.05. The van der Waals surface area contributed by atoms with Gasteiger partial charge < -0.3 is 5.32 Å². The summed E-state index contributed by atoms with van der Waals surface area (Å²) in [6.45, 7) is 0. The van der Waals surface area contributed by atoms with Crippen LogP contribution in [-0.4, -0.2) is 30.4 Å². The molecule has 0 unspecified atom stereocenters. The van der Waals surface area contributed by atoms with Crippen molar-refractivity contribution < 1.29 is 8.42 Å². The fourth-order valence-corrected chi connectivity index (χ4v) is 3.10. The average molecular weight is 362 g/mol. The number of halogens is 1. The highest BCUT2D eigenvalue weighted by Crippen LogP contribution is 2.25. The smallest absolute Gasteiger partial charge is 0.147 e. The summed E-state index contributed by atoms with van der Waals surface area (Å²) in [4.78, 5) is 8.49. The number of fused-ring (bicyclic) bond motifs is 1. The Balaban J connectivity index is 1.79. The molecule has 0 spiro atoms. The van der Waals surface area contributed by atoms with Crippen LogP contribution < -0.4 is 5.32 Å². The highest BCUT2D eigenvalue weighted by atomic mass is 35.5. The molecule has 3 aromatic rings. The van der Waals surface area contributed by atoms with Crippen LogP contribution in [0.5, 0.6) is 0 Å². The number of sulfone groups is 1. The minimum Gasteiger partial charge on any atom is -0.340 e. The molecule has 0 aliphatic rings. The number of nitrogens with one attached hydrogen (secondary N) is 1. The number of hydrogen-bond donors (Lipinski definition) is 1. The molecular weight excluding hydrogens is 346 g/mol. The zero-order chi connectivity index (χ0) is 17.2. The molecule has 24 heavy (non-hydrogen) atoms. The molecule has 1 aromatic heterocycles. The lowest BCUT2D eigenvalue weighted by Gasteiger charge is -2.09. The van der Waals surface area contributed by atoms with Crippen molar-refractivity contribution >= 4 is 43.8 Å². The number of aryl methyl sites for hydroxylation is 1. The largest absolute Gasteiger partial charge is 0.340 e. The van der Waals surface area contributed by atoms with E-state index in [-0.39, 0.29) is 5.75 Å². The topological polar surface area (TPSA) is 72.0 Å². The lowest BCUT2D eigenvalue weighted by atomic mass is 10.1. The predicted molar refractivity (Wildman–Crippen MR) is 97.7 cm³/mol. The Hall–Kier alpha value is -2.18. The van der Waals surface area contributed by atoms with E-state index in [0.29, 0.717) is 17.3 Å². The minimum atomic E-state index is -2.95. The molecule has 0 saturated carbocycles. The van der Waals surface area contributed by atoms with Gasteiger partial charge in [-0.2, -0.15) is 0 Å². The summed E-state index contributed by atoms with van der Waals surface area (Å²) in [5.41, 5.74) is 2.61. The van der Waals surface area contributed by atoms with Gasteiger partial charge in [0.25, 0.3) is 0 Å².